The molecule has 0 bridgehead atoms. The van der Waals surface area contributed by atoms with Gasteiger partial charge < -0.3 is 25.1 Å². The molecule has 2 amide bonds. The minimum atomic E-state index is -0.754. The van der Waals surface area contributed by atoms with Crippen LogP contribution >= 0.6 is 0 Å². The zero-order valence-corrected chi connectivity index (χ0v) is 17.0. The predicted octanol–water partition coefficient (Wildman–Crippen LogP) is 0.535. The normalized spacial score (nSPS) is 24.1. The van der Waals surface area contributed by atoms with Crippen LogP contribution in [0.3, 0.4) is 0 Å². The standard InChI is InChI=1S/C20H29BN2O5/c1-19(2)20(3,4)28-21(27-19)15-7-5-13(6-8-15)11-16(17(22)24)23-18(25)14-9-10-26-12-14/h5-8,14,16H,9-12H2,1-4H3,(H2,22,24)(H,23,25)/t14-,16-/m0/s1. The van der Waals surface area contributed by atoms with E-state index in [1.165, 1.54) is 0 Å². The lowest BCUT2D eigenvalue weighted by Gasteiger charge is -2.32. The van der Waals surface area contributed by atoms with Crippen molar-refractivity contribution in [3.05, 3.63) is 29.8 Å². The minimum Gasteiger partial charge on any atom is -0.399 e. The van der Waals surface area contributed by atoms with Gasteiger partial charge in [-0.2, -0.15) is 0 Å². The highest BCUT2D eigenvalue weighted by atomic mass is 16.7. The zero-order valence-electron chi connectivity index (χ0n) is 17.0. The first-order valence-corrected chi connectivity index (χ1v) is 9.71. The molecule has 3 rings (SSSR count). The van der Waals surface area contributed by atoms with Crippen molar-refractivity contribution in [1.82, 2.24) is 5.32 Å². The third-order valence-electron chi connectivity index (χ3n) is 5.91. The van der Waals surface area contributed by atoms with Crippen LogP contribution in [0.15, 0.2) is 24.3 Å². The highest BCUT2D eigenvalue weighted by Crippen LogP contribution is 2.36. The van der Waals surface area contributed by atoms with Crippen molar-refractivity contribution < 1.29 is 23.6 Å². The van der Waals surface area contributed by atoms with Crippen molar-refractivity contribution in [3.8, 4) is 0 Å². The number of rotatable bonds is 6. The van der Waals surface area contributed by atoms with Gasteiger partial charge in [0.1, 0.15) is 6.04 Å². The summed E-state index contributed by atoms with van der Waals surface area (Å²) < 4.78 is 17.3. The highest BCUT2D eigenvalue weighted by Gasteiger charge is 2.51. The van der Waals surface area contributed by atoms with Crippen LogP contribution in [0.2, 0.25) is 0 Å². The van der Waals surface area contributed by atoms with E-state index in [9.17, 15) is 9.59 Å². The number of nitrogens with two attached hydrogens (primary N) is 1. The van der Waals surface area contributed by atoms with Gasteiger partial charge in [-0.25, -0.2) is 0 Å². The molecule has 2 heterocycles. The van der Waals surface area contributed by atoms with E-state index in [-0.39, 0.29) is 11.8 Å². The molecule has 2 fully saturated rings. The Labute approximate surface area is 166 Å². The van der Waals surface area contributed by atoms with Crippen LogP contribution in [0.1, 0.15) is 39.7 Å². The molecular formula is C20H29BN2O5. The SMILES string of the molecule is CC1(C)OB(c2ccc(C[C@H](NC(=O)[C@H]3CCOC3)C(N)=O)cc2)OC1(C)C. The third kappa shape index (κ3) is 4.40. The Balaban J connectivity index is 1.63. The van der Waals surface area contributed by atoms with Gasteiger partial charge in [-0.15, -0.1) is 0 Å². The molecule has 0 radical (unpaired) electrons. The molecule has 0 aliphatic carbocycles. The van der Waals surface area contributed by atoms with E-state index in [4.69, 9.17) is 19.8 Å². The number of primary amides is 1. The largest absolute Gasteiger partial charge is 0.494 e. The van der Waals surface area contributed by atoms with Gasteiger partial charge in [0.15, 0.2) is 0 Å². The summed E-state index contributed by atoms with van der Waals surface area (Å²) >= 11 is 0. The molecule has 0 spiro atoms. The second kappa shape index (κ2) is 7.85. The van der Waals surface area contributed by atoms with E-state index in [0.717, 1.165) is 11.0 Å². The molecule has 7 nitrogen and oxygen atoms in total. The van der Waals surface area contributed by atoms with E-state index in [2.05, 4.69) is 5.32 Å². The quantitative estimate of drug-likeness (QED) is 0.693. The number of benzene rings is 1. The molecule has 2 saturated heterocycles. The van der Waals surface area contributed by atoms with Crippen LogP contribution in [0.4, 0.5) is 0 Å². The van der Waals surface area contributed by atoms with Crippen molar-refractivity contribution in [2.75, 3.05) is 13.2 Å². The smallest absolute Gasteiger partial charge is 0.399 e. The number of amides is 2. The van der Waals surface area contributed by atoms with E-state index in [0.29, 0.717) is 26.1 Å². The second-order valence-corrected chi connectivity index (χ2v) is 8.56. The third-order valence-corrected chi connectivity index (χ3v) is 5.91. The first-order valence-electron chi connectivity index (χ1n) is 9.71. The van der Waals surface area contributed by atoms with Crippen molar-refractivity contribution in [1.29, 1.82) is 0 Å². The fraction of sp³-hybridized carbons (Fsp3) is 0.600. The van der Waals surface area contributed by atoms with Gasteiger partial charge in [-0.1, -0.05) is 24.3 Å². The Morgan fingerprint density at radius 3 is 2.29 bits per heavy atom. The Kier molecular flexibility index (Phi) is 5.84. The fourth-order valence-corrected chi connectivity index (χ4v) is 3.28. The number of nitrogens with one attached hydrogen (secondary N) is 1. The Morgan fingerprint density at radius 2 is 1.79 bits per heavy atom. The molecule has 3 N–H and O–H groups in total. The summed E-state index contributed by atoms with van der Waals surface area (Å²) in [5.41, 5.74) is 6.50. The predicted molar refractivity (Wildman–Crippen MR) is 106 cm³/mol. The summed E-state index contributed by atoms with van der Waals surface area (Å²) in [6.45, 7) is 9.00. The van der Waals surface area contributed by atoms with Gasteiger partial charge in [0.25, 0.3) is 0 Å². The average molecular weight is 388 g/mol. The van der Waals surface area contributed by atoms with Gasteiger partial charge in [0.2, 0.25) is 11.8 Å². The van der Waals surface area contributed by atoms with Crippen LogP contribution in [0, 0.1) is 5.92 Å². The van der Waals surface area contributed by atoms with E-state index >= 15 is 0 Å². The monoisotopic (exact) mass is 388 g/mol. The molecule has 2 aliphatic rings. The van der Waals surface area contributed by atoms with Crippen LogP contribution in [-0.2, 0) is 30.1 Å². The molecule has 152 valence electrons. The van der Waals surface area contributed by atoms with E-state index < -0.39 is 30.3 Å². The fourth-order valence-electron chi connectivity index (χ4n) is 3.28. The van der Waals surface area contributed by atoms with Gasteiger partial charge in [0, 0.05) is 13.0 Å². The summed E-state index contributed by atoms with van der Waals surface area (Å²) in [4.78, 5) is 24.1. The number of carbonyl (C=O) groups is 2. The Bertz CT molecular complexity index is 713. The maximum absolute atomic E-state index is 12.3. The average Bonchev–Trinajstić information content (AvgIpc) is 3.21. The van der Waals surface area contributed by atoms with Gasteiger partial charge >= 0.3 is 7.12 Å². The molecule has 8 heteroatoms. The summed E-state index contributed by atoms with van der Waals surface area (Å²) in [7, 11) is -0.437. The number of ether oxygens (including phenoxy) is 1. The Morgan fingerprint density at radius 1 is 1.18 bits per heavy atom. The number of hydrogen-bond donors (Lipinski definition) is 2. The lowest BCUT2D eigenvalue weighted by molar-refractivity contribution is -0.129. The molecule has 28 heavy (non-hydrogen) atoms. The van der Waals surface area contributed by atoms with Gasteiger partial charge in [-0.05, 0) is 45.1 Å². The van der Waals surface area contributed by atoms with Crippen molar-refractivity contribution >= 4 is 24.4 Å². The van der Waals surface area contributed by atoms with Crippen LogP contribution < -0.4 is 16.5 Å². The molecule has 1 aromatic carbocycles. The van der Waals surface area contributed by atoms with Crippen LogP contribution in [0.5, 0.6) is 0 Å². The molecule has 2 atom stereocenters. The number of hydrogen-bond acceptors (Lipinski definition) is 5. The molecule has 0 aromatic heterocycles. The highest BCUT2D eigenvalue weighted by molar-refractivity contribution is 6.62. The lowest BCUT2D eigenvalue weighted by Crippen LogP contribution is -2.48. The first-order chi connectivity index (χ1) is 13.1. The van der Waals surface area contributed by atoms with E-state index in [1.54, 1.807) is 0 Å². The zero-order chi connectivity index (χ0) is 20.5. The van der Waals surface area contributed by atoms with Crippen LogP contribution in [0.25, 0.3) is 0 Å². The lowest BCUT2D eigenvalue weighted by atomic mass is 9.78. The van der Waals surface area contributed by atoms with Gasteiger partial charge in [0.05, 0.1) is 23.7 Å². The maximum Gasteiger partial charge on any atom is 0.494 e. The molecule has 1 aromatic rings. The summed E-state index contributed by atoms with van der Waals surface area (Å²) in [5.74, 6) is -0.954. The summed E-state index contributed by atoms with van der Waals surface area (Å²) in [6, 6.07) is 6.89. The van der Waals surface area contributed by atoms with Crippen molar-refractivity contribution in [2.24, 2.45) is 11.7 Å². The van der Waals surface area contributed by atoms with Crippen molar-refractivity contribution in [3.63, 3.8) is 0 Å². The summed E-state index contributed by atoms with van der Waals surface area (Å²) in [6.07, 6.45) is 0.998. The molecule has 0 saturated carbocycles. The first kappa shape index (κ1) is 20.8. The second-order valence-electron chi connectivity index (χ2n) is 8.56. The summed E-state index contributed by atoms with van der Waals surface area (Å²) in [5, 5.41) is 2.76. The van der Waals surface area contributed by atoms with E-state index in [1.807, 2.05) is 52.0 Å². The minimum absolute atomic E-state index is 0.185. The number of carbonyl (C=O) groups excluding carboxylic acids is 2. The molecule has 0 unspecified atom stereocenters. The Hall–Kier alpha value is -1.90. The van der Waals surface area contributed by atoms with Gasteiger partial charge in [-0.3, -0.25) is 9.59 Å². The maximum atomic E-state index is 12.3. The molecule has 2 aliphatic heterocycles. The van der Waals surface area contributed by atoms with Crippen molar-refractivity contribution in [2.45, 2.75) is 57.8 Å². The molecular weight excluding hydrogens is 359 g/mol. The topological polar surface area (TPSA) is 99.9 Å². The van der Waals surface area contributed by atoms with Crippen LogP contribution in [-0.4, -0.2) is 49.4 Å².